The number of carbonyl (C=O) groups is 1. The summed E-state index contributed by atoms with van der Waals surface area (Å²) in [5.41, 5.74) is 4.30. The topological polar surface area (TPSA) is 38.4 Å². The summed E-state index contributed by atoms with van der Waals surface area (Å²) in [5.74, 6) is 1.77. The molecule has 1 amide bonds. The number of carbonyl (C=O) groups excluding carboxylic acids is 1. The van der Waals surface area contributed by atoms with Crippen LogP contribution < -0.4 is 0 Å². The Labute approximate surface area is 147 Å². The predicted octanol–water partition coefficient (Wildman–Crippen LogP) is 4.50. The Balaban J connectivity index is 1.82. The first-order valence-electron chi connectivity index (χ1n) is 8.55. The molecule has 25 heavy (non-hydrogen) atoms. The second-order valence-corrected chi connectivity index (χ2v) is 6.87. The van der Waals surface area contributed by atoms with Crippen molar-refractivity contribution < 1.29 is 9.21 Å². The van der Waals surface area contributed by atoms with Gasteiger partial charge in [-0.1, -0.05) is 18.2 Å². The highest BCUT2D eigenvalue weighted by Gasteiger charge is 2.37. The summed E-state index contributed by atoms with van der Waals surface area (Å²) in [6, 6.07) is 12.2. The Morgan fingerprint density at radius 2 is 1.84 bits per heavy atom. The third kappa shape index (κ3) is 2.40. The summed E-state index contributed by atoms with van der Waals surface area (Å²) >= 11 is 0. The summed E-state index contributed by atoms with van der Waals surface area (Å²) in [6.07, 6.45) is 2.14. The van der Waals surface area contributed by atoms with Crippen LogP contribution >= 0.6 is 0 Å². The zero-order valence-electron chi connectivity index (χ0n) is 15.0. The molecule has 0 unspecified atom stereocenters. The molecule has 3 heterocycles. The molecule has 128 valence electrons. The Morgan fingerprint density at radius 3 is 2.56 bits per heavy atom. The van der Waals surface area contributed by atoms with E-state index in [4.69, 9.17) is 4.42 Å². The van der Waals surface area contributed by atoms with Crippen LogP contribution in [0.25, 0.3) is 10.9 Å². The van der Waals surface area contributed by atoms with Crippen LogP contribution in [0.5, 0.6) is 0 Å². The van der Waals surface area contributed by atoms with Gasteiger partial charge in [-0.25, -0.2) is 0 Å². The largest absolute Gasteiger partial charge is 0.464 e. The summed E-state index contributed by atoms with van der Waals surface area (Å²) in [5, 5.41) is 1.19. The molecule has 4 nitrogen and oxygen atoms in total. The van der Waals surface area contributed by atoms with E-state index in [-0.39, 0.29) is 11.9 Å². The molecule has 0 bridgehead atoms. The summed E-state index contributed by atoms with van der Waals surface area (Å²) < 4.78 is 7.85. The molecule has 1 atom stereocenters. The molecular formula is C21H22N2O2. The number of amides is 1. The molecule has 4 heteroatoms. The van der Waals surface area contributed by atoms with Gasteiger partial charge >= 0.3 is 0 Å². The van der Waals surface area contributed by atoms with Crippen molar-refractivity contribution in [2.24, 2.45) is 7.05 Å². The normalized spacial score (nSPS) is 18.0. The number of hydrogen-bond acceptors (Lipinski definition) is 2. The van der Waals surface area contributed by atoms with Gasteiger partial charge in [-0.15, -0.1) is 0 Å². The first-order valence-corrected chi connectivity index (χ1v) is 8.55. The predicted molar refractivity (Wildman–Crippen MR) is 98.0 cm³/mol. The van der Waals surface area contributed by atoms with E-state index in [9.17, 15) is 4.79 Å². The van der Waals surface area contributed by atoms with E-state index in [0.29, 0.717) is 6.54 Å². The number of aromatic nitrogens is 1. The lowest BCUT2D eigenvalue weighted by Gasteiger charge is -2.25. The van der Waals surface area contributed by atoms with Gasteiger partial charge in [0, 0.05) is 35.3 Å². The molecule has 1 aliphatic rings. The van der Waals surface area contributed by atoms with Crippen LogP contribution in [-0.2, 0) is 18.4 Å². The van der Waals surface area contributed by atoms with Crippen LogP contribution in [0.15, 0.2) is 58.2 Å². The maximum atomic E-state index is 12.9. The molecule has 0 aliphatic carbocycles. The minimum atomic E-state index is -0.0518. The third-order valence-corrected chi connectivity index (χ3v) is 5.24. The average Bonchev–Trinajstić information content (AvgIpc) is 3.22. The summed E-state index contributed by atoms with van der Waals surface area (Å²) in [4.78, 5) is 14.8. The van der Waals surface area contributed by atoms with E-state index in [1.165, 1.54) is 16.5 Å². The van der Waals surface area contributed by atoms with Crippen molar-refractivity contribution in [3.63, 3.8) is 0 Å². The molecule has 0 spiro atoms. The van der Waals surface area contributed by atoms with Crippen molar-refractivity contribution in [3.05, 3.63) is 70.8 Å². The molecule has 2 aromatic heterocycles. The number of benzene rings is 1. The SMILES string of the molecule is CC1=C(C)[C@@H](c2cn(C)c3ccccc23)N(Cc2ccc(C)o2)C1=O. The lowest BCUT2D eigenvalue weighted by Crippen LogP contribution is -2.29. The second kappa shape index (κ2) is 5.66. The highest BCUT2D eigenvalue weighted by molar-refractivity contribution is 5.98. The fourth-order valence-electron chi connectivity index (χ4n) is 3.83. The Hall–Kier alpha value is -2.75. The number of nitrogens with zero attached hydrogens (tertiary/aromatic N) is 2. The van der Waals surface area contributed by atoms with E-state index in [2.05, 4.69) is 42.9 Å². The maximum absolute atomic E-state index is 12.9. The van der Waals surface area contributed by atoms with Gasteiger partial charge < -0.3 is 13.9 Å². The molecule has 0 saturated carbocycles. The van der Waals surface area contributed by atoms with E-state index < -0.39 is 0 Å². The number of furan rings is 1. The summed E-state index contributed by atoms with van der Waals surface area (Å²) in [7, 11) is 2.05. The van der Waals surface area contributed by atoms with Gasteiger partial charge in [0.25, 0.3) is 5.91 Å². The zero-order valence-corrected chi connectivity index (χ0v) is 15.0. The van der Waals surface area contributed by atoms with E-state index in [0.717, 1.165) is 22.7 Å². The van der Waals surface area contributed by atoms with E-state index in [1.54, 1.807) is 0 Å². The number of aryl methyl sites for hydroxylation is 2. The average molecular weight is 334 g/mol. The van der Waals surface area contributed by atoms with Gasteiger partial charge in [0.2, 0.25) is 0 Å². The van der Waals surface area contributed by atoms with Crippen LogP contribution in [0.3, 0.4) is 0 Å². The van der Waals surface area contributed by atoms with Crippen LogP contribution in [0.4, 0.5) is 0 Å². The van der Waals surface area contributed by atoms with Crippen molar-refractivity contribution in [1.29, 1.82) is 0 Å². The smallest absolute Gasteiger partial charge is 0.250 e. The lowest BCUT2D eigenvalue weighted by atomic mass is 9.98. The molecule has 4 rings (SSSR count). The van der Waals surface area contributed by atoms with Crippen LogP contribution in [0.1, 0.15) is 37.0 Å². The van der Waals surface area contributed by atoms with Crippen LogP contribution in [-0.4, -0.2) is 15.4 Å². The van der Waals surface area contributed by atoms with Gasteiger partial charge in [-0.05, 0) is 44.5 Å². The quantitative estimate of drug-likeness (QED) is 0.707. The lowest BCUT2D eigenvalue weighted by molar-refractivity contribution is -0.128. The van der Waals surface area contributed by atoms with Gasteiger partial charge in [-0.3, -0.25) is 4.79 Å². The monoisotopic (exact) mass is 334 g/mol. The fourth-order valence-corrected chi connectivity index (χ4v) is 3.83. The van der Waals surface area contributed by atoms with Gasteiger partial charge in [-0.2, -0.15) is 0 Å². The first kappa shape index (κ1) is 15.8. The first-order chi connectivity index (χ1) is 12.0. The molecule has 0 radical (unpaired) electrons. The second-order valence-electron chi connectivity index (χ2n) is 6.87. The van der Waals surface area contributed by atoms with Gasteiger partial charge in [0.05, 0.1) is 12.6 Å². The Kier molecular flexibility index (Phi) is 3.57. The van der Waals surface area contributed by atoms with Gasteiger partial charge in [0.1, 0.15) is 11.5 Å². The molecule has 0 fully saturated rings. The molecule has 1 aliphatic heterocycles. The minimum Gasteiger partial charge on any atom is -0.464 e. The van der Waals surface area contributed by atoms with Crippen molar-refractivity contribution in [2.45, 2.75) is 33.4 Å². The number of para-hydroxylation sites is 1. The third-order valence-electron chi connectivity index (χ3n) is 5.24. The van der Waals surface area contributed by atoms with Crippen LogP contribution in [0.2, 0.25) is 0 Å². The standard InChI is InChI=1S/C21H22N2O2/c1-13-9-10-16(25-13)11-23-20(14(2)15(3)21(23)24)18-12-22(4)19-8-6-5-7-17(18)19/h5-10,12,20H,11H2,1-4H3/t20-/m0/s1. The number of fused-ring (bicyclic) bond motifs is 1. The molecule has 0 saturated heterocycles. The van der Waals surface area contributed by atoms with Crippen molar-refractivity contribution in [2.75, 3.05) is 0 Å². The molecule has 0 N–H and O–H groups in total. The van der Waals surface area contributed by atoms with Gasteiger partial charge in [0.15, 0.2) is 0 Å². The van der Waals surface area contributed by atoms with Crippen LogP contribution in [0, 0.1) is 6.92 Å². The van der Waals surface area contributed by atoms with Crippen molar-refractivity contribution >= 4 is 16.8 Å². The number of rotatable bonds is 3. The van der Waals surface area contributed by atoms with E-state index >= 15 is 0 Å². The zero-order chi connectivity index (χ0) is 17.7. The molecule has 3 aromatic rings. The molecular weight excluding hydrogens is 312 g/mol. The maximum Gasteiger partial charge on any atom is 0.250 e. The Bertz CT molecular complexity index is 1010. The fraction of sp³-hybridized carbons (Fsp3) is 0.286. The Morgan fingerprint density at radius 1 is 1.08 bits per heavy atom. The number of hydrogen-bond donors (Lipinski definition) is 0. The van der Waals surface area contributed by atoms with Crippen molar-refractivity contribution in [3.8, 4) is 0 Å². The van der Waals surface area contributed by atoms with E-state index in [1.807, 2.05) is 36.9 Å². The highest BCUT2D eigenvalue weighted by atomic mass is 16.3. The van der Waals surface area contributed by atoms with Crippen molar-refractivity contribution in [1.82, 2.24) is 9.47 Å². The highest BCUT2D eigenvalue weighted by Crippen LogP contribution is 2.41. The molecule has 1 aromatic carbocycles. The minimum absolute atomic E-state index is 0.0518. The summed E-state index contributed by atoms with van der Waals surface area (Å²) in [6.45, 7) is 6.39.